The van der Waals surface area contributed by atoms with Gasteiger partial charge >= 0.3 is 7.12 Å². The van der Waals surface area contributed by atoms with Crippen molar-refractivity contribution in [2.45, 2.75) is 0 Å². The Morgan fingerprint density at radius 3 is 2.12 bits per heavy atom. The number of nitrogens with zero attached hydrogens (tertiary/aromatic N) is 1. The summed E-state index contributed by atoms with van der Waals surface area (Å²) in [4.78, 5) is 1.54. The zero-order valence-corrected chi connectivity index (χ0v) is 9.07. The molecule has 1 heterocycles. The van der Waals surface area contributed by atoms with Crippen molar-refractivity contribution in [1.29, 1.82) is 0 Å². The van der Waals surface area contributed by atoms with Crippen molar-refractivity contribution in [1.82, 2.24) is 0 Å². The Labute approximate surface area is 97.6 Å². The molecule has 1 aromatic rings. The number of rotatable bonds is 2. The van der Waals surface area contributed by atoms with Crippen LogP contribution < -0.4 is 10.4 Å². The van der Waals surface area contributed by atoms with Crippen molar-refractivity contribution >= 4 is 18.3 Å². The van der Waals surface area contributed by atoms with E-state index in [9.17, 15) is 8.78 Å². The fourth-order valence-electron chi connectivity index (χ4n) is 1.82. The molecule has 1 aliphatic heterocycles. The Morgan fingerprint density at radius 2 is 1.65 bits per heavy atom. The molecule has 0 spiro atoms. The van der Waals surface area contributed by atoms with E-state index in [1.165, 1.54) is 0 Å². The summed E-state index contributed by atoms with van der Waals surface area (Å²) < 4.78 is 32.5. The maximum absolute atomic E-state index is 13.7. The molecule has 4 nitrogen and oxygen atoms in total. The third-order valence-electron chi connectivity index (χ3n) is 2.66. The number of benzene rings is 1. The van der Waals surface area contributed by atoms with Crippen molar-refractivity contribution in [3.8, 4) is 0 Å². The van der Waals surface area contributed by atoms with Crippen LogP contribution >= 0.6 is 0 Å². The minimum Gasteiger partial charge on any atom is -0.423 e. The van der Waals surface area contributed by atoms with Crippen LogP contribution in [0.2, 0.25) is 0 Å². The van der Waals surface area contributed by atoms with Gasteiger partial charge in [-0.25, -0.2) is 8.78 Å². The molecule has 92 valence electrons. The van der Waals surface area contributed by atoms with Crippen molar-refractivity contribution in [3.63, 3.8) is 0 Å². The van der Waals surface area contributed by atoms with Crippen LogP contribution in [-0.2, 0) is 4.74 Å². The molecule has 1 saturated heterocycles. The number of hydrogen-bond acceptors (Lipinski definition) is 4. The molecule has 7 heteroatoms. The molecule has 0 unspecified atom stereocenters. The molecule has 17 heavy (non-hydrogen) atoms. The lowest BCUT2D eigenvalue weighted by molar-refractivity contribution is 0.122. The fraction of sp³-hybridized carbons (Fsp3) is 0.400. The van der Waals surface area contributed by atoms with Crippen molar-refractivity contribution in [3.05, 3.63) is 23.8 Å². The third-order valence-corrected chi connectivity index (χ3v) is 2.66. The van der Waals surface area contributed by atoms with Gasteiger partial charge in [-0.3, -0.25) is 0 Å². The summed E-state index contributed by atoms with van der Waals surface area (Å²) in [6.45, 7) is 1.66. The van der Waals surface area contributed by atoms with Crippen LogP contribution in [0.4, 0.5) is 14.5 Å². The van der Waals surface area contributed by atoms with Crippen LogP contribution in [-0.4, -0.2) is 43.5 Å². The second kappa shape index (κ2) is 4.99. The molecular formula is C10H12BF2NO3. The van der Waals surface area contributed by atoms with E-state index in [-0.39, 0.29) is 11.2 Å². The lowest BCUT2D eigenvalue weighted by Crippen LogP contribution is -2.38. The minimum atomic E-state index is -1.88. The minimum absolute atomic E-state index is 0.141. The number of ether oxygens (including phenoxy) is 1. The molecule has 2 rings (SSSR count). The Morgan fingerprint density at radius 1 is 1.12 bits per heavy atom. The summed E-state index contributed by atoms with van der Waals surface area (Å²) in [6, 6.07) is 1.86. The lowest BCUT2D eigenvalue weighted by atomic mass is 9.80. The van der Waals surface area contributed by atoms with Crippen LogP contribution in [0, 0.1) is 11.6 Å². The van der Waals surface area contributed by atoms with Gasteiger partial charge in [-0.05, 0) is 17.6 Å². The average molecular weight is 243 g/mol. The Balaban J connectivity index is 2.33. The zero-order chi connectivity index (χ0) is 12.4. The van der Waals surface area contributed by atoms with E-state index < -0.39 is 18.8 Å². The Kier molecular flexibility index (Phi) is 3.61. The fourth-order valence-corrected chi connectivity index (χ4v) is 1.82. The highest BCUT2D eigenvalue weighted by atomic mass is 19.1. The summed E-state index contributed by atoms with van der Waals surface area (Å²) >= 11 is 0. The average Bonchev–Trinajstić information content (AvgIpc) is 2.29. The van der Waals surface area contributed by atoms with Gasteiger partial charge in [0.25, 0.3) is 0 Å². The van der Waals surface area contributed by atoms with Crippen LogP contribution in [0.5, 0.6) is 0 Å². The van der Waals surface area contributed by atoms with Crippen LogP contribution in [0.1, 0.15) is 0 Å². The summed E-state index contributed by atoms with van der Waals surface area (Å²) in [5.74, 6) is -1.59. The normalized spacial score (nSPS) is 16.1. The zero-order valence-electron chi connectivity index (χ0n) is 9.07. The molecule has 1 aliphatic rings. The van der Waals surface area contributed by atoms with Gasteiger partial charge < -0.3 is 19.7 Å². The van der Waals surface area contributed by atoms with Crippen LogP contribution in [0.25, 0.3) is 0 Å². The largest absolute Gasteiger partial charge is 0.488 e. The van der Waals surface area contributed by atoms with E-state index in [0.717, 1.165) is 12.1 Å². The summed E-state index contributed by atoms with van der Waals surface area (Å²) in [5, 5.41) is 17.7. The second-order valence-corrected chi connectivity index (χ2v) is 3.81. The summed E-state index contributed by atoms with van der Waals surface area (Å²) in [5.41, 5.74) is -0.338. The van der Waals surface area contributed by atoms with Gasteiger partial charge in [0.2, 0.25) is 0 Å². The summed E-state index contributed by atoms with van der Waals surface area (Å²) in [7, 11) is -1.88. The molecule has 1 fully saturated rings. The van der Waals surface area contributed by atoms with E-state index in [2.05, 4.69) is 0 Å². The number of hydrogen-bond donors (Lipinski definition) is 2. The van der Waals surface area contributed by atoms with E-state index in [0.29, 0.717) is 26.3 Å². The highest BCUT2D eigenvalue weighted by Gasteiger charge is 2.22. The molecule has 0 saturated carbocycles. The van der Waals surface area contributed by atoms with Crippen molar-refractivity contribution in [2.75, 3.05) is 31.2 Å². The van der Waals surface area contributed by atoms with E-state index in [4.69, 9.17) is 14.8 Å². The van der Waals surface area contributed by atoms with Gasteiger partial charge in [-0.2, -0.15) is 0 Å². The second-order valence-electron chi connectivity index (χ2n) is 3.81. The lowest BCUT2D eigenvalue weighted by Gasteiger charge is -2.29. The maximum atomic E-state index is 13.7. The number of anilines is 1. The topological polar surface area (TPSA) is 52.9 Å². The molecule has 1 aromatic carbocycles. The molecular weight excluding hydrogens is 231 g/mol. The smallest absolute Gasteiger partial charge is 0.423 e. The molecule has 0 aromatic heterocycles. The van der Waals surface area contributed by atoms with Crippen LogP contribution in [0.15, 0.2) is 12.1 Å². The predicted molar refractivity (Wildman–Crippen MR) is 59.2 cm³/mol. The number of morpholine rings is 1. The monoisotopic (exact) mass is 243 g/mol. The Hall–Kier alpha value is -1.18. The highest BCUT2D eigenvalue weighted by Crippen LogP contribution is 2.23. The van der Waals surface area contributed by atoms with E-state index in [1.807, 2.05) is 0 Å². The number of halogens is 2. The summed E-state index contributed by atoms with van der Waals surface area (Å²) in [6.07, 6.45) is 0. The first-order valence-corrected chi connectivity index (χ1v) is 5.27. The standard InChI is InChI=1S/C10H12BF2NO3/c12-8-5-7(11(15)16)6-9(13)10(8)14-1-3-17-4-2-14/h5-6,15-16H,1-4H2. The third kappa shape index (κ3) is 2.57. The molecule has 2 N–H and O–H groups in total. The van der Waals surface area contributed by atoms with Gasteiger partial charge in [-0.15, -0.1) is 0 Å². The molecule has 0 aliphatic carbocycles. The maximum Gasteiger partial charge on any atom is 0.488 e. The van der Waals surface area contributed by atoms with Crippen molar-refractivity contribution < 1.29 is 23.6 Å². The van der Waals surface area contributed by atoms with Gasteiger partial charge in [-0.1, -0.05) is 0 Å². The van der Waals surface area contributed by atoms with Gasteiger partial charge in [0.1, 0.15) is 17.3 Å². The first-order valence-electron chi connectivity index (χ1n) is 5.27. The SMILES string of the molecule is OB(O)c1cc(F)c(N2CCOCC2)c(F)c1. The quantitative estimate of drug-likeness (QED) is 0.686. The molecule has 0 bridgehead atoms. The highest BCUT2D eigenvalue weighted by molar-refractivity contribution is 6.58. The molecule has 0 amide bonds. The van der Waals surface area contributed by atoms with Crippen LogP contribution in [0.3, 0.4) is 0 Å². The van der Waals surface area contributed by atoms with E-state index >= 15 is 0 Å². The first-order chi connectivity index (χ1) is 8.09. The molecule has 0 radical (unpaired) electrons. The van der Waals surface area contributed by atoms with Crippen molar-refractivity contribution in [2.24, 2.45) is 0 Å². The molecule has 0 atom stereocenters. The first kappa shape index (κ1) is 12.3. The van der Waals surface area contributed by atoms with Gasteiger partial charge in [0.05, 0.1) is 13.2 Å². The van der Waals surface area contributed by atoms with E-state index in [1.54, 1.807) is 4.90 Å². The predicted octanol–water partition coefficient (Wildman–Crippen LogP) is -0.519. The van der Waals surface area contributed by atoms with Gasteiger partial charge in [0, 0.05) is 13.1 Å². The van der Waals surface area contributed by atoms with Gasteiger partial charge in [0.15, 0.2) is 0 Å². The Bertz CT molecular complexity index is 388.